The molecule has 1 aromatic carbocycles. The molecule has 0 bridgehead atoms. The van der Waals surface area contributed by atoms with Gasteiger partial charge in [-0.05, 0) is 12.0 Å². The Morgan fingerprint density at radius 2 is 2.17 bits per heavy atom. The highest BCUT2D eigenvalue weighted by atomic mass is 16.5. The number of carbonyl (C=O) groups excluding carboxylic acids is 1. The SMILES string of the molecule is NCCC(=O)NC[C@@H]1C[C@H](c2ccccc2)CO1. The summed E-state index contributed by atoms with van der Waals surface area (Å²) in [6, 6.07) is 10.4. The molecule has 1 heterocycles. The Morgan fingerprint density at radius 1 is 1.39 bits per heavy atom. The van der Waals surface area contributed by atoms with E-state index in [2.05, 4.69) is 17.4 Å². The van der Waals surface area contributed by atoms with E-state index in [0.29, 0.717) is 25.4 Å². The Balaban J connectivity index is 1.77. The molecule has 1 aliphatic rings. The van der Waals surface area contributed by atoms with Gasteiger partial charge in [-0.1, -0.05) is 30.3 Å². The van der Waals surface area contributed by atoms with Crippen LogP contribution in [0.15, 0.2) is 30.3 Å². The van der Waals surface area contributed by atoms with Crippen molar-refractivity contribution in [1.29, 1.82) is 0 Å². The van der Waals surface area contributed by atoms with Gasteiger partial charge in [-0.3, -0.25) is 4.79 Å². The van der Waals surface area contributed by atoms with Crippen LogP contribution in [-0.4, -0.2) is 31.7 Å². The Hall–Kier alpha value is -1.39. The molecular formula is C14H20N2O2. The largest absolute Gasteiger partial charge is 0.376 e. The van der Waals surface area contributed by atoms with Crippen LogP contribution in [0.2, 0.25) is 0 Å². The van der Waals surface area contributed by atoms with Gasteiger partial charge in [-0.25, -0.2) is 0 Å². The molecule has 1 amide bonds. The van der Waals surface area contributed by atoms with E-state index in [9.17, 15) is 4.79 Å². The first kappa shape index (κ1) is 13.1. The third-order valence-corrected chi connectivity index (χ3v) is 3.25. The molecule has 1 saturated heterocycles. The molecule has 3 N–H and O–H groups in total. The van der Waals surface area contributed by atoms with Crippen LogP contribution in [0.4, 0.5) is 0 Å². The summed E-state index contributed by atoms with van der Waals surface area (Å²) in [5.41, 5.74) is 6.63. The number of rotatable bonds is 5. The predicted molar refractivity (Wildman–Crippen MR) is 70.2 cm³/mol. The predicted octanol–water partition coefficient (Wildman–Crippen LogP) is 1.02. The third-order valence-electron chi connectivity index (χ3n) is 3.25. The van der Waals surface area contributed by atoms with Crippen molar-refractivity contribution in [2.24, 2.45) is 5.73 Å². The van der Waals surface area contributed by atoms with E-state index in [1.54, 1.807) is 0 Å². The van der Waals surface area contributed by atoms with Crippen molar-refractivity contribution in [2.75, 3.05) is 19.7 Å². The summed E-state index contributed by atoms with van der Waals surface area (Å²) in [7, 11) is 0. The number of nitrogens with one attached hydrogen (secondary N) is 1. The van der Waals surface area contributed by atoms with Gasteiger partial charge in [0.2, 0.25) is 5.91 Å². The van der Waals surface area contributed by atoms with Crippen LogP contribution in [0.1, 0.15) is 24.3 Å². The minimum atomic E-state index is 0.00395. The summed E-state index contributed by atoms with van der Waals surface area (Å²) >= 11 is 0. The summed E-state index contributed by atoms with van der Waals surface area (Å²) in [5.74, 6) is 0.451. The summed E-state index contributed by atoms with van der Waals surface area (Å²) in [6.45, 7) is 1.72. The maximum absolute atomic E-state index is 11.3. The quantitative estimate of drug-likeness (QED) is 0.818. The molecule has 0 unspecified atom stereocenters. The van der Waals surface area contributed by atoms with E-state index in [0.717, 1.165) is 13.0 Å². The van der Waals surface area contributed by atoms with Crippen LogP contribution in [0, 0.1) is 0 Å². The van der Waals surface area contributed by atoms with Crippen LogP contribution >= 0.6 is 0 Å². The molecular weight excluding hydrogens is 228 g/mol. The van der Waals surface area contributed by atoms with Gasteiger partial charge in [-0.15, -0.1) is 0 Å². The molecule has 2 rings (SSSR count). The molecule has 1 aliphatic heterocycles. The third kappa shape index (κ3) is 3.55. The van der Waals surface area contributed by atoms with Crippen LogP contribution in [0.3, 0.4) is 0 Å². The van der Waals surface area contributed by atoms with Crippen LogP contribution in [0.5, 0.6) is 0 Å². The van der Waals surface area contributed by atoms with Gasteiger partial charge in [0, 0.05) is 25.4 Å². The van der Waals surface area contributed by atoms with Crippen molar-refractivity contribution in [1.82, 2.24) is 5.32 Å². The van der Waals surface area contributed by atoms with Crippen LogP contribution < -0.4 is 11.1 Å². The minimum Gasteiger partial charge on any atom is -0.376 e. The highest BCUT2D eigenvalue weighted by Gasteiger charge is 2.26. The maximum atomic E-state index is 11.3. The van der Waals surface area contributed by atoms with Gasteiger partial charge in [-0.2, -0.15) is 0 Å². The lowest BCUT2D eigenvalue weighted by molar-refractivity contribution is -0.121. The minimum absolute atomic E-state index is 0.00395. The van der Waals surface area contributed by atoms with Gasteiger partial charge >= 0.3 is 0 Å². The van der Waals surface area contributed by atoms with Gasteiger partial charge in [0.25, 0.3) is 0 Å². The van der Waals surface area contributed by atoms with E-state index in [-0.39, 0.29) is 12.0 Å². The fourth-order valence-corrected chi connectivity index (χ4v) is 2.25. The van der Waals surface area contributed by atoms with Crippen molar-refractivity contribution in [3.05, 3.63) is 35.9 Å². The first-order chi connectivity index (χ1) is 8.79. The van der Waals surface area contributed by atoms with Crippen molar-refractivity contribution in [3.63, 3.8) is 0 Å². The summed E-state index contributed by atoms with van der Waals surface area (Å²) in [4.78, 5) is 11.3. The monoisotopic (exact) mass is 248 g/mol. The normalized spacial score (nSPS) is 22.9. The van der Waals surface area contributed by atoms with Gasteiger partial charge < -0.3 is 15.8 Å². The molecule has 0 saturated carbocycles. The van der Waals surface area contributed by atoms with Crippen molar-refractivity contribution in [2.45, 2.75) is 24.9 Å². The highest BCUT2D eigenvalue weighted by molar-refractivity contribution is 5.76. The number of hydrogen-bond acceptors (Lipinski definition) is 3. The van der Waals surface area contributed by atoms with E-state index in [1.165, 1.54) is 5.56 Å². The second-order valence-electron chi connectivity index (χ2n) is 4.64. The molecule has 0 aromatic heterocycles. The lowest BCUT2D eigenvalue weighted by Crippen LogP contribution is -2.32. The van der Waals surface area contributed by atoms with E-state index in [4.69, 9.17) is 10.5 Å². The number of hydrogen-bond donors (Lipinski definition) is 2. The summed E-state index contributed by atoms with van der Waals surface area (Å²) in [5, 5.41) is 2.85. The average molecular weight is 248 g/mol. The first-order valence-electron chi connectivity index (χ1n) is 6.43. The molecule has 2 atom stereocenters. The average Bonchev–Trinajstić information content (AvgIpc) is 2.87. The topological polar surface area (TPSA) is 64.4 Å². The number of carbonyl (C=O) groups is 1. The summed E-state index contributed by atoms with van der Waals surface area (Å²) < 4.78 is 5.70. The van der Waals surface area contributed by atoms with Crippen LogP contribution in [-0.2, 0) is 9.53 Å². The van der Waals surface area contributed by atoms with E-state index < -0.39 is 0 Å². The lowest BCUT2D eigenvalue weighted by atomic mass is 9.96. The van der Waals surface area contributed by atoms with Crippen molar-refractivity contribution in [3.8, 4) is 0 Å². The van der Waals surface area contributed by atoms with E-state index in [1.807, 2.05) is 18.2 Å². The molecule has 4 nitrogen and oxygen atoms in total. The Morgan fingerprint density at radius 3 is 2.89 bits per heavy atom. The Bertz CT molecular complexity index is 381. The second-order valence-corrected chi connectivity index (χ2v) is 4.64. The van der Waals surface area contributed by atoms with Crippen LogP contribution in [0.25, 0.3) is 0 Å². The maximum Gasteiger partial charge on any atom is 0.221 e. The highest BCUT2D eigenvalue weighted by Crippen LogP contribution is 2.28. The second kappa shape index (κ2) is 6.52. The number of benzene rings is 1. The number of ether oxygens (including phenoxy) is 1. The zero-order valence-electron chi connectivity index (χ0n) is 10.5. The molecule has 0 aliphatic carbocycles. The van der Waals surface area contributed by atoms with Gasteiger partial charge in [0.15, 0.2) is 0 Å². The zero-order valence-corrected chi connectivity index (χ0v) is 10.5. The Labute approximate surface area is 108 Å². The smallest absolute Gasteiger partial charge is 0.221 e. The van der Waals surface area contributed by atoms with Gasteiger partial charge in [0.1, 0.15) is 0 Å². The Kier molecular flexibility index (Phi) is 4.73. The first-order valence-corrected chi connectivity index (χ1v) is 6.43. The van der Waals surface area contributed by atoms with Gasteiger partial charge in [0.05, 0.1) is 12.7 Å². The molecule has 1 fully saturated rings. The summed E-state index contributed by atoms with van der Waals surface area (Å²) in [6.07, 6.45) is 1.47. The zero-order chi connectivity index (χ0) is 12.8. The molecule has 98 valence electrons. The molecule has 1 aromatic rings. The van der Waals surface area contributed by atoms with Crippen molar-refractivity contribution < 1.29 is 9.53 Å². The number of amides is 1. The molecule has 0 radical (unpaired) electrons. The fraction of sp³-hybridized carbons (Fsp3) is 0.500. The molecule has 4 heteroatoms. The molecule has 0 spiro atoms. The standard InChI is InChI=1S/C14H20N2O2/c15-7-6-14(17)16-9-13-8-12(10-18-13)11-4-2-1-3-5-11/h1-5,12-13H,6-10,15H2,(H,16,17)/t12-,13-/m0/s1. The number of nitrogens with two attached hydrogens (primary N) is 1. The van der Waals surface area contributed by atoms with Crippen molar-refractivity contribution >= 4 is 5.91 Å². The fourth-order valence-electron chi connectivity index (χ4n) is 2.25. The lowest BCUT2D eigenvalue weighted by Gasteiger charge is -2.11. The molecule has 18 heavy (non-hydrogen) atoms. The van der Waals surface area contributed by atoms with E-state index >= 15 is 0 Å².